The lowest BCUT2D eigenvalue weighted by Gasteiger charge is -2.06. The summed E-state index contributed by atoms with van der Waals surface area (Å²) in [6.07, 6.45) is 7.90. The van der Waals surface area contributed by atoms with Gasteiger partial charge in [-0.2, -0.15) is 0 Å². The molecule has 1 aromatic carbocycles. The number of aryl methyl sites for hydroxylation is 1. The van der Waals surface area contributed by atoms with Gasteiger partial charge in [0.1, 0.15) is 0 Å². The first kappa shape index (κ1) is 16.7. The first-order valence-electron chi connectivity index (χ1n) is 7.76. The molecule has 112 valence electrons. The minimum Gasteiger partial charge on any atom is -0.396 e. The van der Waals surface area contributed by atoms with Gasteiger partial charge in [-0.05, 0) is 43.4 Å². The Morgan fingerprint density at radius 1 is 1.05 bits per heavy atom. The fraction of sp³-hybridized carbons (Fsp3) is 0.588. The molecule has 0 spiro atoms. The van der Waals surface area contributed by atoms with E-state index in [2.05, 4.69) is 24.4 Å². The van der Waals surface area contributed by atoms with Crippen LogP contribution >= 0.6 is 0 Å². The van der Waals surface area contributed by atoms with E-state index in [1.165, 1.54) is 5.56 Å². The third-order valence-corrected chi connectivity index (χ3v) is 3.37. The van der Waals surface area contributed by atoms with Crippen LogP contribution < -0.4 is 5.32 Å². The van der Waals surface area contributed by atoms with Crippen molar-refractivity contribution in [2.24, 2.45) is 0 Å². The van der Waals surface area contributed by atoms with Crippen LogP contribution in [0.4, 0.5) is 5.69 Å². The molecule has 0 unspecified atom stereocenters. The van der Waals surface area contributed by atoms with Crippen molar-refractivity contribution < 1.29 is 9.90 Å². The molecule has 1 aromatic rings. The summed E-state index contributed by atoms with van der Waals surface area (Å²) < 4.78 is 0. The highest BCUT2D eigenvalue weighted by atomic mass is 16.2. The van der Waals surface area contributed by atoms with E-state index in [0.717, 1.165) is 50.6 Å². The molecule has 0 bridgehead atoms. The maximum absolute atomic E-state index is 11.7. The quantitative estimate of drug-likeness (QED) is 0.637. The van der Waals surface area contributed by atoms with Crippen LogP contribution in [0.1, 0.15) is 57.4 Å². The van der Waals surface area contributed by atoms with E-state index < -0.39 is 0 Å². The van der Waals surface area contributed by atoms with Gasteiger partial charge in [-0.25, -0.2) is 0 Å². The van der Waals surface area contributed by atoms with Gasteiger partial charge in [0, 0.05) is 18.7 Å². The number of nitrogens with one attached hydrogen (secondary N) is 1. The number of hydrogen-bond acceptors (Lipinski definition) is 2. The average Bonchev–Trinajstić information content (AvgIpc) is 2.46. The molecule has 3 heteroatoms. The maximum Gasteiger partial charge on any atom is 0.224 e. The summed E-state index contributed by atoms with van der Waals surface area (Å²) in [4.78, 5) is 11.7. The molecule has 20 heavy (non-hydrogen) atoms. The van der Waals surface area contributed by atoms with Crippen LogP contribution in [0.2, 0.25) is 0 Å². The molecule has 1 rings (SSSR count). The van der Waals surface area contributed by atoms with Gasteiger partial charge < -0.3 is 10.4 Å². The highest BCUT2D eigenvalue weighted by molar-refractivity contribution is 5.90. The number of carbonyl (C=O) groups excluding carboxylic acids is 1. The second-order valence-corrected chi connectivity index (χ2v) is 5.24. The van der Waals surface area contributed by atoms with E-state index in [1.54, 1.807) is 0 Å². The zero-order valence-corrected chi connectivity index (χ0v) is 12.5. The predicted molar refractivity (Wildman–Crippen MR) is 83.9 cm³/mol. The number of hydrogen-bond donors (Lipinski definition) is 2. The molecule has 0 aliphatic heterocycles. The van der Waals surface area contributed by atoms with Crippen LogP contribution in [0.25, 0.3) is 0 Å². The van der Waals surface area contributed by atoms with E-state index in [0.29, 0.717) is 6.42 Å². The Labute approximate surface area is 122 Å². The minimum absolute atomic E-state index is 0.106. The van der Waals surface area contributed by atoms with Gasteiger partial charge in [-0.15, -0.1) is 0 Å². The highest BCUT2D eigenvalue weighted by Crippen LogP contribution is 2.13. The van der Waals surface area contributed by atoms with Gasteiger partial charge in [0.25, 0.3) is 0 Å². The third kappa shape index (κ3) is 7.29. The van der Waals surface area contributed by atoms with Crippen LogP contribution in [0, 0.1) is 0 Å². The van der Waals surface area contributed by atoms with Gasteiger partial charge in [0.15, 0.2) is 0 Å². The number of benzene rings is 1. The van der Waals surface area contributed by atoms with Gasteiger partial charge >= 0.3 is 0 Å². The number of carbonyl (C=O) groups is 1. The SMILES string of the molecule is CCCCCC(=O)Nc1ccc(CCCCCO)cc1. The number of aliphatic hydroxyl groups is 1. The van der Waals surface area contributed by atoms with Crippen molar-refractivity contribution in [2.75, 3.05) is 11.9 Å². The van der Waals surface area contributed by atoms with E-state index in [4.69, 9.17) is 5.11 Å². The molecule has 0 fully saturated rings. The van der Waals surface area contributed by atoms with E-state index in [-0.39, 0.29) is 12.5 Å². The van der Waals surface area contributed by atoms with Crippen molar-refractivity contribution >= 4 is 11.6 Å². The Kier molecular flexibility index (Phi) is 8.72. The van der Waals surface area contributed by atoms with Crippen LogP contribution in [-0.2, 0) is 11.2 Å². The van der Waals surface area contributed by atoms with Crippen molar-refractivity contribution in [2.45, 2.75) is 58.3 Å². The second kappa shape index (κ2) is 10.4. The smallest absolute Gasteiger partial charge is 0.224 e. The van der Waals surface area contributed by atoms with E-state index >= 15 is 0 Å². The first-order valence-corrected chi connectivity index (χ1v) is 7.76. The minimum atomic E-state index is 0.106. The van der Waals surface area contributed by atoms with Gasteiger partial charge in [0.05, 0.1) is 0 Å². The lowest BCUT2D eigenvalue weighted by atomic mass is 10.1. The van der Waals surface area contributed by atoms with Gasteiger partial charge in [-0.1, -0.05) is 38.3 Å². The number of amides is 1. The summed E-state index contributed by atoms with van der Waals surface area (Å²) in [6.45, 7) is 2.42. The third-order valence-electron chi connectivity index (χ3n) is 3.37. The molecule has 3 nitrogen and oxygen atoms in total. The Morgan fingerprint density at radius 2 is 1.80 bits per heavy atom. The molecule has 2 N–H and O–H groups in total. The molecule has 0 aliphatic carbocycles. The standard InChI is InChI=1S/C17H27NO2/c1-2-3-5-9-17(20)18-16-12-10-15(11-13-16)8-6-4-7-14-19/h10-13,19H,2-9,14H2,1H3,(H,18,20). The molecule has 0 aromatic heterocycles. The fourth-order valence-electron chi connectivity index (χ4n) is 2.13. The van der Waals surface area contributed by atoms with Crippen molar-refractivity contribution in [3.05, 3.63) is 29.8 Å². The molecular formula is C17H27NO2. The van der Waals surface area contributed by atoms with Crippen LogP contribution in [0.5, 0.6) is 0 Å². The molecule has 0 heterocycles. The van der Waals surface area contributed by atoms with Crippen molar-refractivity contribution in [3.63, 3.8) is 0 Å². The van der Waals surface area contributed by atoms with Crippen molar-refractivity contribution in [1.29, 1.82) is 0 Å². The maximum atomic E-state index is 11.7. The summed E-state index contributed by atoms with van der Waals surface area (Å²) in [6, 6.07) is 8.08. The van der Waals surface area contributed by atoms with Crippen LogP contribution in [-0.4, -0.2) is 17.6 Å². The van der Waals surface area contributed by atoms with Crippen LogP contribution in [0.15, 0.2) is 24.3 Å². The topological polar surface area (TPSA) is 49.3 Å². The van der Waals surface area contributed by atoms with Crippen LogP contribution in [0.3, 0.4) is 0 Å². The predicted octanol–water partition coefficient (Wildman–Crippen LogP) is 3.91. The largest absolute Gasteiger partial charge is 0.396 e. The van der Waals surface area contributed by atoms with Gasteiger partial charge in [0.2, 0.25) is 5.91 Å². The Morgan fingerprint density at radius 3 is 2.45 bits per heavy atom. The van der Waals surface area contributed by atoms with Crippen molar-refractivity contribution in [1.82, 2.24) is 0 Å². The first-order chi connectivity index (χ1) is 9.76. The van der Waals surface area contributed by atoms with E-state index in [1.807, 2.05) is 12.1 Å². The number of aliphatic hydroxyl groups excluding tert-OH is 1. The highest BCUT2D eigenvalue weighted by Gasteiger charge is 2.02. The van der Waals surface area contributed by atoms with Gasteiger partial charge in [-0.3, -0.25) is 4.79 Å². The lowest BCUT2D eigenvalue weighted by molar-refractivity contribution is -0.116. The molecule has 0 atom stereocenters. The monoisotopic (exact) mass is 277 g/mol. The Bertz CT molecular complexity index is 373. The molecule has 0 saturated carbocycles. The average molecular weight is 277 g/mol. The normalized spacial score (nSPS) is 10.5. The second-order valence-electron chi connectivity index (χ2n) is 5.24. The zero-order chi connectivity index (χ0) is 14.6. The molecule has 0 saturated heterocycles. The molecule has 0 aliphatic rings. The van der Waals surface area contributed by atoms with Crippen molar-refractivity contribution in [3.8, 4) is 0 Å². The Balaban J connectivity index is 2.29. The Hall–Kier alpha value is -1.35. The van der Waals surface area contributed by atoms with E-state index in [9.17, 15) is 4.79 Å². The molecular weight excluding hydrogens is 250 g/mol. The molecule has 1 amide bonds. The number of rotatable bonds is 10. The summed E-state index contributed by atoms with van der Waals surface area (Å²) in [5, 5.41) is 11.7. The zero-order valence-electron chi connectivity index (χ0n) is 12.5. The lowest BCUT2D eigenvalue weighted by Crippen LogP contribution is -2.10. The summed E-state index contributed by atoms with van der Waals surface area (Å²) in [5.41, 5.74) is 2.16. The summed E-state index contributed by atoms with van der Waals surface area (Å²) >= 11 is 0. The fourth-order valence-corrected chi connectivity index (χ4v) is 2.13. The summed E-state index contributed by atoms with van der Waals surface area (Å²) in [7, 11) is 0. The number of anilines is 1. The summed E-state index contributed by atoms with van der Waals surface area (Å²) in [5.74, 6) is 0.106. The molecule has 0 radical (unpaired) electrons. The number of unbranched alkanes of at least 4 members (excludes halogenated alkanes) is 4.